The third kappa shape index (κ3) is 7.28. The molecular formula is C12H23N3O4. The van der Waals surface area contributed by atoms with E-state index in [-0.39, 0.29) is 24.9 Å². The minimum absolute atomic E-state index is 0.104. The monoisotopic (exact) mass is 273 g/mol. The number of carboxylic acids is 1. The zero-order valence-electron chi connectivity index (χ0n) is 11.9. The van der Waals surface area contributed by atoms with E-state index in [1.165, 1.54) is 13.8 Å². The van der Waals surface area contributed by atoms with E-state index < -0.39 is 17.5 Å². The first-order valence-electron chi connectivity index (χ1n) is 6.27. The Hall–Kier alpha value is -1.79. The van der Waals surface area contributed by atoms with E-state index >= 15 is 0 Å². The first-order chi connectivity index (χ1) is 8.69. The molecule has 0 spiro atoms. The molecule has 0 saturated carbocycles. The van der Waals surface area contributed by atoms with E-state index in [0.717, 1.165) is 6.42 Å². The Labute approximate surface area is 113 Å². The summed E-state index contributed by atoms with van der Waals surface area (Å²) in [6, 6.07) is -0.504. The molecule has 0 aromatic carbocycles. The maximum absolute atomic E-state index is 11.4. The molecule has 0 aromatic rings. The van der Waals surface area contributed by atoms with Crippen molar-refractivity contribution in [3.8, 4) is 0 Å². The van der Waals surface area contributed by atoms with Gasteiger partial charge in [-0.15, -0.1) is 0 Å². The molecule has 1 unspecified atom stereocenters. The number of carbonyl (C=O) groups excluding carboxylic acids is 2. The van der Waals surface area contributed by atoms with Gasteiger partial charge in [0, 0.05) is 19.0 Å². The minimum Gasteiger partial charge on any atom is -0.480 e. The molecule has 0 aliphatic heterocycles. The number of hydrogen-bond acceptors (Lipinski definition) is 3. The number of amides is 3. The van der Waals surface area contributed by atoms with Gasteiger partial charge in [0.05, 0.1) is 0 Å². The SMILES string of the molecule is CCC(C)NC(=O)CCNC(=O)NC(C)(C)C(=O)O. The Balaban J connectivity index is 3.93. The van der Waals surface area contributed by atoms with Gasteiger partial charge in [-0.25, -0.2) is 9.59 Å². The first kappa shape index (κ1) is 17.2. The van der Waals surface area contributed by atoms with Gasteiger partial charge in [0.1, 0.15) is 5.54 Å². The maximum Gasteiger partial charge on any atom is 0.328 e. The van der Waals surface area contributed by atoms with Crippen molar-refractivity contribution in [2.75, 3.05) is 6.54 Å². The fourth-order valence-electron chi connectivity index (χ4n) is 1.12. The highest BCUT2D eigenvalue weighted by atomic mass is 16.4. The van der Waals surface area contributed by atoms with E-state index in [0.29, 0.717) is 0 Å². The molecule has 0 aliphatic rings. The first-order valence-corrected chi connectivity index (χ1v) is 6.27. The van der Waals surface area contributed by atoms with Crippen molar-refractivity contribution < 1.29 is 19.5 Å². The predicted octanol–water partition coefficient (Wildman–Crippen LogP) is 0.454. The Morgan fingerprint density at radius 3 is 2.32 bits per heavy atom. The van der Waals surface area contributed by atoms with Crippen LogP contribution >= 0.6 is 0 Å². The standard InChI is InChI=1S/C12H23N3O4/c1-5-8(2)14-9(16)6-7-13-11(19)15-12(3,4)10(17)18/h8H,5-7H2,1-4H3,(H,14,16)(H,17,18)(H2,13,15,19). The lowest BCUT2D eigenvalue weighted by molar-refractivity contribution is -0.143. The zero-order chi connectivity index (χ0) is 15.1. The van der Waals surface area contributed by atoms with Crippen LogP contribution in [0.4, 0.5) is 4.79 Å². The van der Waals surface area contributed by atoms with Crippen LogP contribution in [0.1, 0.15) is 40.5 Å². The number of hydrogen-bond donors (Lipinski definition) is 4. The van der Waals surface area contributed by atoms with Gasteiger partial charge in [-0.3, -0.25) is 4.79 Å². The Morgan fingerprint density at radius 2 is 1.84 bits per heavy atom. The average molecular weight is 273 g/mol. The van der Waals surface area contributed by atoms with Crippen LogP contribution in [0.2, 0.25) is 0 Å². The molecule has 7 nitrogen and oxygen atoms in total. The number of carbonyl (C=O) groups is 3. The Bertz CT molecular complexity index is 342. The number of nitrogens with one attached hydrogen (secondary N) is 3. The van der Waals surface area contributed by atoms with E-state index in [4.69, 9.17) is 5.11 Å². The van der Waals surface area contributed by atoms with Crippen LogP contribution in [0.3, 0.4) is 0 Å². The van der Waals surface area contributed by atoms with E-state index in [9.17, 15) is 14.4 Å². The molecule has 0 bridgehead atoms. The number of carboxylic acid groups (broad SMARTS) is 1. The summed E-state index contributed by atoms with van der Waals surface area (Å²) >= 11 is 0. The quantitative estimate of drug-likeness (QED) is 0.540. The molecule has 1 atom stereocenters. The van der Waals surface area contributed by atoms with Gasteiger partial charge in [0.15, 0.2) is 0 Å². The molecule has 3 amide bonds. The second-order valence-electron chi connectivity index (χ2n) is 4.94. The molecule has 0 aliphatic carbocycles. The number of rotatable bonds is 7. The molecule has 19 heavy (non-hydrogen) atoms. The highest BCUT2D eigenvalue weighted by molar-refractivity contribution is 5.85. The zero-order valence-corrected chi connectivity index (χ0v) is 11.9. The van der Waals surface area contributed by atoms with Crippen molar-refractivity contribution in [2.45, 2.75) is 52.1 Å². The van der Waals surface area contributed by atoms with Crippen LogP contribution in [0.5, 0.6) is 0 Å². The van der Waals surface area contributed by atoms with Crippen molar-refractivity contribution in [1.29, 1.82) is 0 Å². The summed E-state index contributed by atoms with van der Waals surface area (Å²) in [5.74, 6) is -1.27. The summed E-state index contributed by atoms with van der Waals surface area (Å²) in [6.07, 6.45) is 0.998. The highest BCUT2D eigenvalue weighted by Gasteiger charge is 2.28. The van der Waals surface area contributed by atoms with Gasteiger partial charge in [-0.05, 0) is 27.2 Å². The molecule has 110 valence electrons. The third-order valence-electron chi connectivity index (χ3n) is 2.62. The summed E-state index contributed by atoms with van der Waals surface area (Å²) in [5, 5.41) is 16.3. The maximum atomic E-state index is 11.4. The summed E-state index contributed by atoms with van der Waals surface area (Å²) < 4.78 is 0. The number of aliphatic carboxylic acids is 1. The lowest BCUT2D eigenvalue weighted by atomic mass is 10.1. The van der Waals surface area contributed by atoms with Crippen molar-refractivity contribution in [2.24, 2.45) is 0 Å². The van der Waals surface area contributed by atoms with Crippen molar-refractivity contribution >= 4 is 17.9 Å². The predicted molar refractivity (Wildman–Crippen MR) is 70.8 cm³/mol. The highest BCUT2D eigenvalue weighted by Crippen LogP contribution is 2.00. The minimum atomic E-state index is -1.34. The van der Waals surface area contributed by atoms with E-state index in [2.05, 4.69) is 16.0 Å². The van der Waals surface area contributed by atoms with Crippen molar-refractivity contribution in [1.82, 2.24) is 16.0 Å². The van der Waals surface area contributed by atoms with Crippen LogP contribution in [0.25, 0.3) is 0 Å². The van der Waals surface area contributed by atoms with Gasteiger partial charge < -0.3 is 21.1 Å². The van der Waals surface area contributed by atoms with Crippen LogP contribution in [-0.2, 0) is 9.59 Å². The molecule has 0 saturated heterocycles. The van der Waals surface area contributed by atoms with Crippen LogP contribution in [0, 0.1) is 0 Å². The molecule has 0 aromatic heterocycles. The summed E-state index contributed by atoms with van der Waals surface area (Å²) in [4.78, 5) is 33.6. The van der Waals surface area contributed by atoms with Crippen LogP contribution < -0.4 is 16.0 Å². The number of urea groups is 1. The van der Waals surface area contributed by atoms with Crippen LogP contribution in [0.15, 0.2) is 0 Å². The third-order valence-corrected chi connectivity index (χ3v) is 2.62. The Morgan fingerprint density at radius 1 is 1.26 bits per heavy atom. The lowest BCUT2D eigenvalue weighted by Gasteiger charge is -2.21. The van der Waals surface area contributed by atoms with E-state index in [1.807, 2.05) is 13.8 Å². The molecule has 4 N–H and O–H groups in total. The topological polar surface area (TPSA) is 108 Å². The van der Waals surface area contributed by atoms with Crippen LogP contribution in [-0.4, -0.2) is 41.1 Å². The average Bonchev–Trinajstić information content (AvgIpc) is 2.27. The summed E-state index contributed by atoms with van der Waals surface area (Å²) in [6.45, 7) is 6.77. The Kier molecular flexibility index (Phi) is 6.89. The smallest absolute Gasteiger partial charge is 0.328 e. The van der Waals surface area contributed by atoms with Gasteiger partial charge in [-0.2, -0.15) is 0 Å². The molecule has 0 heterocycles. The van der Waals surface area contributed by atoms with Crippen molar-refractivity contribution in [3.05, 3.63) is 0 Å². The molecule has 0 fully saturated rings. The van der Waals surface area contributed by atoms with Gasteiger partial charge in [0.2, 0.25) is 5.91 Å². The fourth-order valence-corrected chi connectivity index (χ4v) is 1.12. The largest absolute Gasteiger partial charge is 0.480 e. The second-order valence-corrected chi connectivity index (χ2v) is 4.94. The van der Waals surface area contributed by atoms with Crippen molar-refractivity contribution in [3.63, 3.8) is 0 Å². The summed E-state index contributed by atoms with van der Waals surface area (Å²) in [5.41, 5.74) is -1.34. The van der Waals surface area contributed by atoms with Gasteiger partial charge in [-0.1, -0.05) is 6.92 Å². The lowest BCUT2D eigenvalue weighted by Crippen LogP contribution is -2.53. The normalized spacial score (nSPS) is 12.4. The molecule has 0 rings (SSSR count). The fraction of sp³-hybridized carbons (Fsp3) is 0.750. The molecule has 0 radical (unpaired) electrons. The molecule has 7 heteroatoms. The summed E-state index contributed by atoms with van der Waals surface area (Å²) in [7, 11) is 0. The molecular weight excluding hydrogens is 250 g/mol. The van der Waals surface area contributed by atoms with E-state index in [1.54, 1.807) is 0 Å². The van der Waals surface area contributed by atoms with Gasteiger partial charge >= 0.3 is 12.0 Å². The second kappa shape index (κ2) is 7.60. The van der Waals surface area contributed by atoms with Gasteiger partial charge in [0.25, 0.3) is 0 Å².